The molecule has 1 saturated heterocycles. The molecule has 170 valence electrons. The predicted octanol–water partition coefficient (Wildman–Crippen LogP) is 5.02. The van der Waals surface area contributed by atoms with E-state index in [1.807, 2.05) is 6.92 Å². The molecule has 2 aromatic rings. The number of aliphatic hydroxyl groups is 1. The van der Waals surface area contributed by atoms with Crippen LogP contribution in [0, 0.1) is 0 Å². The Labute approximate surface area is 196 Å². The van der Waals surface area contributed by atoms with Gasteiger partial charge in [0.05, 0.1) is 36.1 Å². The van der Waals surface area contributed by atoms with E-state index in [4.69, 9.17) is 32.7 Å². The zero-order valence-corrected chi connectivity index (χ0v) is 19.5. The molecule has 0 spiro atoms. The molecule has 1 unspecified atom stereocenters. The number of ketones is 1. The van der Waals surface area contributed by atoms with Crippen LogP contribution < -0.4 is 9.47 Å². The van der Waals surface area contributed by atoms with Crippen molar-refractivity contribution in [1.82, 2.24) is 9.88 Å². The topological polar surface area (TPSA) is 89.0 Å². The zero-order chi connectivity index (χ0) is 23.4. The minimum atomic E-state index is -0.850. The quantitative estimate of drug-likeness (QED) is 0.248. The van der Waals surface area contributed by atoms with Gasteiger partial charge < -0.3 is 19.5 Å². The summed E-state index contributed by atoms with van der Waals surface area (Å²) in [6.07, 6.45) is 4.15. The van der Waals surface area contributed by atoms with Crippen molar-refractivity contribution in [2.24, 2.45) is 0 Å². The van der Waals surface area contributed by atoms with Crippen LogP contribution in [0.5, 0.6) is 11.5 Å². The average molecular weight is 479 g/mol. The summed E-state index contributed by atoms with van der Waals surface area (Å²) in [6, 6.07) is 5.74. The number of Topliss-reactive ketones (excluding diaryl/α,β-unsaturated/α-hetero) is 1. The van der Waals surface area contributed by atoms with Crippen LogP contribution in [0.2, 0.25) is 10.0 Å². The van der Waals surface area contributed by atoms with Crippen molar-refractivity contribution >= 4 is 40.7 Å². The van der Waals surface area contributed by atoms with E-state index in [9.17, 15) is 14.7 Å². The Hall–Kier alpha value is -2.77. The van der Waals surface area contributed by atoms with E-state index < -0.39 is 23.5 Å². The molecule has 0 aliphatic carbocycles. The number of unbranched alkanes of at least 4 members (excludes halogenated alkanes) is 2. The summed E-state index contributed by atoms with van der Waals surface area (Å²) in [4.78, 5) is 31.8. The monoisotopic (exact) mass is 478 g/mol. The van der Waals surface area contributed by atoms with Crippen LogP contribution in [0.15, 0.2) is 36.0 Å². The van der Waals surface area contributed by atoms with Gasteiger partial charge in [0.15, 0.2) is 11.5 Å². The number of rotatable bonds is 8. The SMILES string of the molecule is CCCCCN1C(=O)C(=O)/C(=C(/O)c2cc(Cl)c(OC)c(Cl)c2OC)C1c1ccccn1. The number of ether oxygens (including phenoxy) is 2. The average Bonchev–Trinajstić information content (AvgIpc) is 3.04. The third-order valence-electron chi connectivity index (χ3n) is 5.31. The fourth-order valence-corrected chi connectivity index (χ4v) is 4.47. The van der Waals surface area contributed by atoms with Gasteiger partial charge >= 0.3 is 0 Å². The van der Waals surface area contributed by atoms with E-state index in [2.05, 4.69) is 4.98 Å². The maximum Gasteiger partial charge on any atom is 0.295 e. The number of aromatic nitrogens is 1. The Balaban J connectivity index is 2.23. The first-order valence-corrected chi connectivity index (χ1v) is 10.9. The van der Waals surface area contributed by atoms with Gasteiger partial charge in [0.2, 0.25) is 0 Å². The Morgan fingerprint density at radius 2 is 1.88 bits per heavy atom. The van der Waals surface area contributed by atoms with Gasteiger partial charge in [-0.1, -0.05) is 49.0 Å². The first-order valence-electron chi connectivity index (χ1n) is 10.2. The summed E-state index contributed by atoms with van der Waals surface area (Å²) in [7, 11) is 2.76. The molecule has 1 aromatic carbocycles. The van der Waals surface area contributed by atoms with Crippen LogP contribution in [0.1, 0.15) is 43.5 Å². The lowest BCUT2D eigenvalue weighted by Crippen LogP contribution is -2.31. The molecular weight excluding hydrogens is 455 g/mol. The Kier molecular flexibility index (Phi) is 7.64. The maximum atomic E-state index is 13.1. The molecule has 9 heteroatoms. The summed E-state index contributed by atoms with van der Waals surface area (Å²) in [5.74, 6) is -1.70. The zero-order valence-electron chi connectivity index (χ0n) is 18.0. The van der Waals surface area contributed by atoms with Crippen molar-refractivity contribution in [3.63, 3.8) is 0 Å². The molecule has 1 fully saturated rings. The third-order valence-corrected chi connectivity index (χ3v) is 5.93. The molecule has 0 saturated carbocycles. The predicted molar refractivity (Wildman–Crippen MR) is 122 cm³/mol. The minimum Gasteiger partial charge on any atom is -0.507 e. The molecule has 1 N–H and O–H groups in total. The molecule has 7 nitrogen and oxygen atoms in total. The second kappa shape index (κ2) is 10.2. The van der Waals surface area contributed by atoms with E-state index in [-0.39, 0.29) is 32.7 Å². The standard InChI is InChI=1S/C23H24Cl2N2O5/c1-4-5-8-11-27-18(15-9-6-7-10-26-15)16(20(29)23(27)30)19(28)13-12-14(24)22(32-3)17(25)21(13)31-2/h6-7,9-10,12,18,28H,4-5,8,11H2,1-3H3/b19-16+. The van der Waals surface area contributed by atoms with Gasteiger partial charge in [-0.05, 0) is 24.6 Å². The van der Waals surface area contributed by atoms with Crippen LogP contribution in [0.3, 0.4) is 0 Å². The van der Waals surface area contributed by atoms with Gasteiger partial charge in [0.25, 0.3) is 11.7 Å². The first-order chi connectivity index (χ1) is 15.4. The molecule has 1 amide bonds. The van der Waals surface area contributed by atoms with E-state index in [0.717, 1.165) is 19.3 Å². The fraction of sp³-hybridized carbons (Fsp3) is 0.348. The van der Waals surface area contributed by atoms with Crippen LogP contribution in [-0.2, 0) is 9.59 Å². The van der Waals surface area contributed by atoms with Crippen molar-refractivity contribution in [3.8, 4) is 11.5 Å². The van der Waals surface area contributed by atoms with Crippen molar-refractivity contribution in [3.05, 3.63) is 57.3 Å². The minimum absolute atomic E-state index is 0.0376. The molecule has 32 heavy (non-hydrogen) atoms. The fourth-order valence-electron chi connectivity index (χ4n) is 3.78. The Morgan fingerprint density at radius 1 is 1.16 bits per heavy atom. The number of hydrogen-bond acceptors (Lipinski definition) is 6. The smallest absolute Gasteiger partial charge is 0.295 e. The molecule has 0 radical (unpaired) electrons. The van der Waals surface area contributed by atoms with Crippen molar-refractivity contribution in [2.75, 3.05) is 20.8 Å². The van der Waals surface area contributed by atoms with Gasteiger partial charge in [0.1, 0.15) is 16.8 Å². The number of carbonyl (C=O) groups excluding carboxylic acids is 2. The van der Waals surface area contributed by atoms with E-state index in [1.165, 1.54) is 25.2 Å². The van der Waals surface area contributed by atoms with Gasteiger partial charge in [0, 0.05) is 12.7 Å². The van der Waals surface area contributed by atoms with E-state index in [0.29, 0.717) is 12.2 Å². The molecule has 1 aliphatic heterocycles. The molecule has 3 rings (SSSR count). The molecule has 1 aromatic heterocycles. The third kappa shape index (κ3) is 4.27. The first kappa shape index (κ1) is 23.9. The Morgan fingerprint density at radius 3 is 2.47 bits per heavy atom. The summed E-state index contributed by atoms with van der Waals surface area (Å²) >= 11 is 12.6. The summed E-state index contributed by atoms with van der Waals surface area (Å²) in [5, 5.41) is 11.4. The lowest BCUT2D eigenvalue weighted by molar-refractivity contribution is -0.140. The number of amides is 1. The number of nitrogens with zero attached hydrogens (tertiary/aromatic N) is 2. The number of hydrogen-bond donors (Lipinski definition) is 1. The van der Waals surface area contributed by atoms with Gasteiger partial charge in [-0.25, -0.2) is 0 Å². The van der Waals surface area contributed by atoms with Gasteiger partial charge in [-0.2, -0.15) is 0 Å². The lowest BCUT2D eigenvalue weighted by Gasteiger charge is -2.24. The Bertz CT molecular complexity index is 1060. The highest BCUT2D eigenvalue weighted by atomic mass is 35.5. The number of methoxy groups -OCH3 is 2. The van der Waals surface area contributed by atoms with E-state index in [1.54, 1.807) is 24.4 Å². The van der Waals surface area contributed by atoms with Crippen molar-refractivity contribution in [2.45, 2.75) is 32.2 Å². The lowest BCUT2D eigenvalue weighted by atomic mass is 9.97. The van der Waals surface area contributed by atoms with Crippen molar-refractivity contribution in [1.29, 1.82) is 0 Å². The molecular formula is C23H24Cl2N2O5. The maximum absolute atomic E-state index is 13.1. The second-order valence-electron chi connectivity index (χ2n) is 7.24. The number of pyridine rings is 1. The summed E-state index contributed by atoms with van der Waals surface area (Å²) in [5.41, 5.74) is 0.450. The largest absolute Gasteiger partial charge is 0.507 e. The van der Waals surface area contributed by atoms with Crippen LogP contribution in [0.25, 0.3) is 5.76 Å². The van der Waals surface area contributed by atoms with Crippen LogP contribution in [0.4, 0.5) is 0 Å². The number of aliphatic hydroxyl groups excluding tert-OH is 1. The highest BCUT2D eigenvalue weighted by Gasteiger charge is 2.46. The van der Waals surface area contributed by atoms with Crippen LogP contribution in [-0.4, -0.2) is 47.4 Å². The van der Waals surface area contributed by atoms with Gasteiger partial charge in [-0.15, -0.1) is 0 Å². The number of likely N-dealkylation sites (tertiary alicyclic amines) is 1. The highest BCUT2D eigenvalue weighted by Crippen LogP contribution is 2.47. The molecule has 2 heterocycles. The van der Waals surface area contributed by atoms with Crippen LogP contribution >= 0.6 is 23.2 Å². The number of halogens is 2. The molecule has 1 aliphatic rings. The number of carbonyl (C=O) groups is 2. The summed E-state index contributed by atoms with van der Waals surface area (Å²) in [6.45, 7) is 2.41. The number of benzene rings is 1. The van der Waals surface area contributed by atoms with Gasteiger partial charge in [-0.3, -0.25) is 14.6 Å². The normalized spacial score (nSPS) is 17.7. The molecule has 0 bridgehead atoms. The highest BCUT2D eigenvalue weighted by molar-refractivity contribution is 6.47. The second-order valence-corrected chi connectivity index (χ2v) is 8.03. The summed E-state index contributed by atoms with van der Waals surface area (Å²) < 4.78 is 10.6. The molecule has 1 atom stereocenters. The van der Waals surface area contributed by atoms with Crippen molar-refractivity contribution < 1.29 is 24.2 Å². The van der Waals surface area contributed by atoms with E-state index >= 15 is 0 Å².